The Kier molecular flexibility index (Phi) is 4.19. The Morgan fingerprint density at radius 2 is 1.82 bits per heavy atom. The fourth-order valence-electron chi connectivity index (χ4n) is 3.62. The Morgan fingerprint density at radius 1 is 1.14 bits per heavy atom. The predicted molar refractivity (Wildman–Crippen MR) is 83.6 cm³/mol. The van der Waals surface area contributed by atoms with E-state index in [0.29, 0.717) is 18.8 Å². The third-order valence-corrected chi connectivity index (χ3v) is 5.14. The van der Waals surface area contributed by atoms with E-state index in [1.807, 2.05) is 12.1 Å². The molecule has 1 aromatic rings. The molecule has 0 aromatic heterocycles. The number of carbonyl (C=O) groups is 2. The molecule has 0 aliphatic heterocycles. The lowest BCUT2D eigenvalue weighted by atomic mass is 9.86. The zero-order valence-corrected chi connectivity index (χ0v) is 12.9. The van der Waals surface area contributed by atoms with E-state index in [2.05, 4.69) is 24.4 Å². The monoisotopic (exact) mass is 301 g/mol. The molecule has 2 aliphatic rings. The minimum Gasteiger partial charge on any atom is -0.481 e. The van der Waals surface area contributed by atoms with Crippen LogP contribution in [0.5, 0.6) is 0 Å². The van der Waals surface area contributed by atoms with E-state index in [-0.39, 0.29) is 23.8 Å². The van der Waals surface area contributed by atoms with Crippen molar-refractivity contribution < 1.29 is 14.7 Å². The van der Waals surface area contributed by atoms with Crippen molar-refractivity contribution in [2.75, 3.05) is 0 Å². The first-order valence-corrected chi connectivity index (χ1v) is 8.15. The van der Waals surface area contributed by atoms with Crippen LogP contribution in [0.3, 0.4) is 0 Å². The molecule has 0 spiro atoms. The summed E-state index contributed by atoms with van der Waals surface area (Å²) in [7, 11) is 0. The topological polar surface area (TPSA) is 66.4 Å². The summed E-state index contributed by atoms with van der Waals surface area (Å²) in [5, 5.41) is 12.1. The molecule has 118 valence electrons. The number of carboxylic acids is 1. The highest BCUT2D eigenvalue weighted by Crippen LogP contribution is 2.48. The first-order valence-electron chi connectivity index (χ1n) is 8.15. The fraction of sp³-hybridized carbons (Fsp3) is 0.556. The molecular weight excluding hydrogens is 278 g/mol. The number of carboxylic acid groups (broad SMARTS) is 1. The summed E-state index contributed by atoms with van der Waals surface area (Å²) in [6.07, 6.45) is 3.84. The molecule has 2 saturated carbocycles. The van der Waals surface area contributed by atoms with Crippen LogP contribution in [0, 0.1) is 18.8 Å². The van der Waals surface area contributed by atoms with E-state index in [1.54, 1.807) is 0 Å². The molecule has 2 fully saturated rings. The highest BCUT2D eigenvalue weighted by molar-refractivity contribution is 5.83. The number of rotatable bonds is 4. The summed E-state index contributed by atoms with van der Waals surface area (Å²) in [5.41, 5.74) is 2.54. The van der Waals surface area contributed by atoms with Crippen molar-refractivity contribution in [1.82, 2.24) is 5.32 Å². The fourth-order valence-corrected chi connectivity index (χ4v) is 3.62. The van der Waals surface area contributed by atoms with Crippen LogP contribution in [0.1, 0.15) is 49.1 Å². The Morgan fingerprint density at radius 3 is 2.45 bits per heavy atom. The van der Waals surface area contributed by atoms with E-state index < -0.39 is 5.97 Å². The van der Waals surface area contributed by atoms with Crippen LogP contribution in [-0.4, -0.2) is 23.0 Å². The lowest BCUT2D eigenvalue weighted by molar-refractivity contribution is -0.142. The number of benzene rings is 1. The summed E-state index contributed by atoms with van der Waals surface area (Å²) >= 11 is 0. The summed E-state index contributed by atoms with van der Waals surface area (Å²) < 4.78 is 0. The number of hydrogen-bond acceptors (Lipinski definition) is 2. The molecule has 4 heteroatoms. The van der Waals surface area contributed by atoms with Crippen LogP contribution < -0.4 is 5.32 Å². The molecular formula is C18H23NO3. The van der Waals surface area contributed by atoms with Crippen LogP contribution in [-0.2, 0) is 9.59 Å². The Labute approximate surface area is 130 Å². The predicted octanol–water partition coefficient (Wildman–Crippen LogP) is 2.86. The van der Waals surface area contributed by atoms with Gasteiger partial charge >= 0.3 is 5.97 Å². The molecule has 1 aromatic carbocycles. The molecule has 0 heterocycles. The Bertz CT molecular complexity index is 575. The number of aliphatic carboxylic acids is 1. The van der Waals surface area contributed by atoms with Gasteiger partial charge in [0.15, 0.2) is 0 Å². The van der Waals surface area contributed by atoms with Crippen molar-refractivity contribution in [2.24, 2.45) is 11.8 Å². The molecule has 3 rings (SSSR count). The van der Waals surface area contributed by atoms with Crippen molar-refractivity contribution >= 4 is 11.9 Å². The van der Waals surface area contributed by atoms with E-state index in [0.717, 1.165) is 19.3 Å². The normalized spacial score (nSPS) is 30.6. The highest BCUT2D eigenvalue weighted by Gasteiger charge is 2.45. The largest absolute Gasteiger partial charge is 0.481 e. The van der Waals surface area contributed by atoms with E-state index in [1.165, 1.54) is 11.1 Å². The van der Waals surface area contributed by atoms with Crippen LogP contribution in [0.4, 0.5) is 0 Å². The van der Waals surface area contributed by atoms with Gasteiger partial charge in [-0.25, -0.2) is 0 Å². The molecule has 0 bridgehead atoms. The van der Waals surface area contributed by atoms with Gasteiger partial charge in [0, 0.05) is 12.0 Å². The van der Waals surface area contributed by atoms with Crippen molar-refractivity contribution in [3.8, 4) is 0 Å². The Balaban J connectivity index is 1.50. The summed E-state index contributed by atoms with van der Waals surface area (Å²) in [5.74, 6) is -0.331. The molecule has 2 N–H and O–H groups in total. The molecule has 0 saturated heterocycles. The van der Waals surface area contributed by atoms with E-state index >= 15 is 0 Å². The number of aryl methyl sites for hydroxylation is 1. The average Bonchev–Trinajstić information content (AvgIpc) is 3.28. The molecule has 0 radical (unpaired) electrons. The van der Waals surface area contributed by atoms with Gasteiger partial charge in [-0.2, -0.15) is 0 Å². The molecule has 4 nitrogen and oxygen atoms in total. The van der Waals surface area contributed by atoms with E-state index in [4.69, 9.17) is 5.11 Å². The number of nitrogens with one attached hydrogen (secondary N) is 1. The smallest absolute Gasteiger partial charge is 0.306 e. The first-order chi connectivity index (χ1) is 10.6. The van der Waals surface area contributed by atoms with Gasteiger partial charge in [-0.1, -0.05) is 24.3 Å². The lowest BCUT2D eigenvalue weighted by Gasteiger charge is -2.26. The molecule has 22 heavy (non-hydrogen) atoms. The third kappa shape index (κ3) is 3.16. The highest BCUT2D eigenvalue weighted by atomic mass is 16.4. The SMILES string of the molecule is Cc1ccccc1[C@H]1C[C@@H]1C(=O)NC1CCC(C(=O)O)CC1. The minimum absolute atomic E-state index is 0.0956. The van der Waals surface area contributed by atoms with Gasteiger partial charge in [-0.3, -0.25) is 9.59 Å². The maximum absolute atomic E-state index is 12.4. The van der Waals surface area contributed by atoms with Gasteiger partial charge in [0.05, 0.1) is 5.92 Å². The lowest BCUT2D eigenvalue weighted by Crippen LogP contribution is -2.39. The zero-order chi connectivity index (χ0) is 15.7. The maximum atomic E-state index is 12.4. The minimum atomic E-state index is -0.702. The van der Waals surface area contributed by atoms with E-state index in [9.17, 15) is 9.59 Å². The van der Waals surface area contributed by atoms with Crippen molar-refractivity contribution in [3.05, 3.63) is 35.4 Å². The first kappa shape index (κ1) is 15.1. The third-order valence-electron chi connectivity index (χ3n) is 5.14. The van der Waals surface area contributed by atoms with Crippen LogP contribution >= 0.6 is 0 Å². The van der Waals surface area contributed by atoms with Crippen molar-refractivity contribution in [2.45, 2.75) is 51.0 Å². The van der Waals surface area contributed by atoms with Gasteiger partial charge in [0.1, 0.15) is 0 Å². The van der Waals surface area contributed by atoms with Crippen LogP contribution in [0.25, 0.3) is 0 Å². The summed E-state index contributed by atoms with van der Waals surface area (Å²) in [4.78, 5) is 23.3. The van der Waals surface area contributed by atoms with Crippen molar-refractivity contribution in [1.29, 1.82) is 0 Å². The standard InChI is InChI=1S/C18H23NO3/c1-11-4-2-3-5-14(11)15-10-16(15)17(20)19-13-8-6-12(7-9-13)18(21)22/h2-5,12-13,15-16H,6-10H2,1H3,(H,19,20)(H,21,22)/t12?,13?,15-,16+/m1/s1. The van der Waals surface area contributed by atoms with Gasteiger partial charge in [0.25, 0.3) is 0 Å². The maximum Gasteiger partial charge on any atom is 0.306 e. The molecule has 1 amide bonds. The number of hydrogen-bond donors (Lipinski definition) is 2. The van der Waals surface area contributed by atoms with Crippen molar-refractivity contribution in [3.63, 3.8) is 0 Å². The number of amides is 1. The van der Waals surface area contributed by atoms with Crippen LogP contribution in [0.15, 0.2) is 24.3 Å². The van der Waals surface area contributed by atoms with Crippen LogP contribution in [0.2, 0.25) is 0 Å². The van der Waals surface area contributed by atoms with Gasteiger partial charge < -0.3 is 10.4 Å². The summed E-state index contributed by atoms with van der Waals surface area (Å²) in [6, 6.07) is 8.42. The van der Waals surface area contributed by atoms with Gasteiger partial charge in [0.2, 0.25) is 5.91 Å². The number of carbonyl (C=O) groups excluding carboxylic acids is 1. The average molecular weight is 301 g/mol. The molecule has 2 atom stereocenters. The second-order valence-corrected chi connectivity index (χ2v) is 6.70. The van der Waals surface area contributed by atoms with Gasteiger partial charge in [-0.15, -0.1) is 0 Å². The Hall–Kier alpha value is -1.84. The summed E-state index contributed by atoms with van der Waals surface area (Å²) in [6.45, 7) is 2.09. The zero-order valence-electron chi connectivity index (χ0n) is 12.9. The molecule has 2 aliphatic carbocycles. The quantitative estimate of drug-likeness (QED) is 0.898. The van der Waals surface area contributed by atoms with Gasteiger partial charge in [-0.05, 0) is 56.1 Å². The second kappa shape index (κ2) is 6.11. The second-order valence-electron chi connectivity index (χ2n) is 6.70. The molecule has 0 unspecified atom stereocenters.